The van der Waals surface area contributed by atoms with Gasteiger partial charge in [-0.05, 0) is 37.3 Å². The van der Waals surface area contributed by atoms with Gasteiger partial charge >= 0.3 is 6.18 Å². The molecule has 0 spiro atoms. The third kappa shape index (κ3) is 4.16. The fourth-order valence-electron chi connectivity index (χ4n) is 2.84. The molecule has 1 aromatic rings. The number of aromatic nitrogens is 1. The lowest BCUT2D eigenvalue weighted by Gasteiger charge is -2.17. The molecule has 3 rings (SSSR count). The van der Waals surface area contributed by atoms with Crippen LogP contribution in [-0.4, -0.2) is 27.5 Å². The Morgan fingerprint density at radius 2 is 2.15 bits per heavy atom. The van der Waals surface area contributed by atoms with Crippen molar-refractivity contribution in [3.63, 3.8) is 0 Å². The summed E-state index contributed by atoms with van der Waals surface area (Å²) < 4.78 is 40.2. The summed E-state index contributed by atoms with van der Waals surface area (Å²) in [5.74, 6) is 0. The van der Waals surface area contributed by atoms with Crippen LogP contribution < -0.4 is 16.3 Å². The molecule has 2 heterocycles. The number of alkyl halides is 3. The van der Waals surface area contributed by atoms with Gasteiger partial charge in [-0.1, -0.05) is 29.1 Å². The molecule has 1 aliphatic heterocycles. The highest BCUT2D eigenvalue weighted by Gasteiger charge is 2.30. The second-order valence-electron chi connectivity index (χ2n) is 6.04. The minimum Gasteiger partial charge on any atom is -0.283 e. The number of nitrogens with zero attached hydrogens (tertiary/aromatic N) is 3. The molecule has 0 bridgehead atoms. The van der Waals surface area contributed by atoms with Crippen LogP contribution in [0.4, 0.5) is 13.2 Å². The largest absolute Gasteiger partial charge is 0.406 e. The van der Waals surface area contributed by atoms with Gasteiger partial charge in [0, 0.05) is 15.8 Å². The molecule has 4 nitrogen and oxygen atoms in total. The predicted octanol–water partition coefficient (Wildman–Crippen LogP) is 2.85. The minimum atomic E-state index is -4.55. The van der Waals surface area contributed by atoms with Gasteiger partial charge in [0.2, 0.25) is 0 Å². The van der Waals surface area contributed by atoms with Gasteiger partial charge in [-0.2, -0.15) is 13.2 Å². The molecule has 1 unspecified atom stereocenters. The highest BCUT2D eigenvalue weighted by atomic mass is 35.5. The Morgan fingerprint density at radius 3 is 2.78 bits per heavy atom. The molecule has 1 aliphatic carbocycles. The van der Waals surface area contributed by atoms with Crippen molar-refractivity contribution in [1.29, 1.82) is 0 Å². The van der Waals surface area contributed by atoms with E-state index in [1.165, 1.54) is 0 Å². The van der Waals surface area contributed by atoms with Crippen molar-refractivity contribution in [2.75, 3.05) is 6.26 Å². The van der Waals surface area contributed by atoms with Crippen LogP contribution in [0, 0.1) is 0 Å². The Kier molecular flexibility index (Phi) is 5.58. The Hall–Kier alpha value is -1.93. The van der Waals surface area contributed by atoms with Crippen molar-refractivity contribution in [1.82, 2.24) is 4.57 Å². The number of hydrogen-bond acceptors (Lipinski definition) is 3. The summed E-state index contributed by atoms with van der Waals surface area (Å²) in [6.07, 6.45) is 2.87. The molecule has 144 valence electrons. The number of pyridine rings is 1. The van der Waals surface area contributed by atoms with Crippen LogP contribution in [0.1, 0.15) is 18.9 Å². The normalized spacial score (nSPS) is 19.9. The standard InChI is InChI=1S/C18H17ClF3N3OS/c1-3-27(2)17-23-9-11-8-13(12-6-4-5-7-14(12)19)16(26)25(15(11)24-17)10-18(20,21)22/h3-5,7-8H,6,9-10H2,1-2H3. The summed E-state index contributed by atoms with van der Waals surface area (Å²) in [5, 5.41) is 2.83. The fourth-order valence-corrected chi connectivity index (χ4v) is 3.80. The topological polar surface area (TPSA) is 46.7 Å². The first kappa shape index (κ1) is 19.8. The molecule has 2 aliphatic rings. The quantitative estimate of drug-likeness (QED) is 0.650. The van der Waals surface area contributed by atoms with E-state index in [1.807, 2.05) is 18.5 Å². The molecule has 1 aromatic heterocycles. The van der Waals surface area contributed by atoms with Gasteiger partial charge in [-0.25, -0.2) is 4.99 Å². The van der Waals surface area contributed by atoms with Crippen molar-refractivity contribution in [3.05, 3.63) is 56.0 Å². The van der Waals surface area contributed by atoms with Gasteiger partial charge in [0.1, 0.15) is 12.0 Å². The van der Waals surface area contributed by atoms with Crippen LogP contribution in [0.5, 0.6) is 0 Å². The second-order valence-corrected chi connectivity index (χ2v) is 8.40. The minimum absolute atomic E-state index is 0.0272. The van der Waals surface area contributed by atoms with Gasteiger partial charge in [-0.3, -0.25) is 14.4 Å². The third-order valence-corrected chi connectivity index (χ3v) is 6.07. The van der Waals surface area contributed by atoms with Crippen LogP contribution in [0.15, 0.2) is 44.1 Å². The van der Waals surface area contributed by atoms with Gasteiger partial charge in [0.15, 0.2) is 5.17 Å². The zero-order valence-electron chi connectivity index (χ0n) is 14.7. The number of hydrogen-bond donors (Lipinski definition) is 0. The molecule has 0 amide bonds. The Morgan fingerprint density at radius 1 is 1.41 bits per heavy atom. The van der Waals surface area contributed by atoms with Crippen molar-refractivity contribution in [3.8, 4) is 0 Å². The van der Waals surface area contributed by atoms with Crippen LogP contribution >= 0.6 is 22.1 Å². The summed E-state index contributed by atoms with van der Waals surface area (Å²) in [6.45, 7) is 0.607. The predicted molar refractivity (Wildman–Crippen MR) is 105 cm³/mol. The van der Waals surface area contributed by atoms with E-state index < -0.39 is 28.8 Å². The molecule has 0 saturated carbocycles. The number of aliphatic imine (C=N–C) groups is 1. The summed E-state index contributed by atoms with van der Waals surface area (Å²) in [4.78, 5) is 21.6. The van der Waals surface area contributed by atoms with Crippen LogP contribution in [-0.2, 0) is 13.1 Å². The second kappa shape index (κ2) is 7.59. The number of halogens is 4. The number of amidine groups is 1. The van der Waals surface area contributed by atoms with Crippen molar-refractivity contribution >= 4 is 38.2 Å². The van der Waals surface area contributed by atoms with Crippen molar-refractivity contribution in [2.45, 2.75) is 32.6 Å². The monoisotopic (exact) mass is 415 g/mol. The third-order valence-electron chi connectivity index (χ3n) is 4.22. The molecule has 0 fully saturated rings. The molecular weight excluding hydrogens is 399 g/mol. The van der Waals surface area contributed by atoms with Gasteiger partial charge in [0.25, 0.3) is 5.56 Å². The van der Waals surface area contributed by atoms with E-state index in [0.717, 1.165) is 0 Å². The molecule has 0 radical (unpaired) electrons. The van der Waals surface area contributed by atoms with Crippen molar-refractivity contribution in [2.24, 2.45) is 9.98 Å². The Bertz CT molecular complexity index is 1090. The number of fused-ring (bicyclic) bond motifs is 1. The van der Waals surface area contributed by atoms with Gasteiger partial charge in [0.05, 0.1) is 6.54 Å². The lowest BCUT2D eigenvalue weighted by atomic mass is 10.0. The van der Waals surface area contributed by atoms with Crippen LogP contribution in [0.25, 0.3) is 5.57 Å². The van der Waals surface area contributed by atoms with E-state index in [-0.39, 0.29) is 17.3 Å². The molecule has 0 saturated heterocycles. The maximum Gasteiger partial charge on any atom is 0.406 e. The van der Waals surface area contributed by atoms with Crippen LogP contribution in [0.2, 0.25) is 0 Å². The average molecular weight is 416 g/mol. The molecular formula is C18H17ClF3N3OS. The SMILES string of the molecule is C/C=S(\C)C1=NCc2cc(=C3CC=CC=C3Cl)c(=O)n(CC(F)(F)F)c2=N1. The van der Waals surface area contributed by atoms with E-state index in [4.69, 9.17) is 11.6 Å². The fraction of sp³-hybridized carbons (Fsp3) is 0.333. The summed E-state index contributed by atoms with van der Waals surface area (Å²) in [6, 6.07) is 1.57. The first-order chi connectivity index (χ1) is 12.7. The maximum atomic E-state index is 13.2. The van der Waals surface area contributed by atoms with Crippen LogP contribution in [0.3, 0.4) is 0 Å². The molecule has 27 heavy (non-hydrogen) atoms. The Balaban J connectivity index is 2.36. The molecule has 9 heteroatoms. The number of rotatable bonds is 1. The van der Waals surface area contributed by atoms with E-state index in [1.54, 1.807) is 24.3 Å². The Labute approximate surface area is 161 Å². The lowest BCUT2D eigenvalue weighted by molar-refractivity contribution is -0.141. The first-order valence-electron chi connectivity index (χ1n) is 8.14. The van der Waals surface area contributed by atoms with Gasteiger partial charge in [-0.15, -0.1) is 10.5 Å². The first-order valence-corrected chi connectivity index (χ1v) is 10.2. The highest BCUT2D eigenvalue weighted by Crippen LogP contribution is 2.23. The summed E-state index contributed by atoms with van der Waals surface area (Å²) >= 11 is 6.19. The smallest absolute Gasteiger partial charge is 0.283 e. The van der Waals surface area contributed by atoms with Crippen molar-refractivity contribution < 1.29 is 13.2 Å². The summed E-state index contributed by atoms with van der Waals surface area (Å²) in [5.41, 5.74) is 0.274. The van der Waals surface area contributed by atoms with E-state index in [9.17, 15) is 18.0 Å². The van der Waals surface area contributed by atoms with E-state index in [2.05, 4.69) is 9.98 Å². The lowest BCUT2D eigenvalue weighted by Crippen LogP contribution is -2.48. The van der Waals surface area contributed by atoms with E-state index >= 15 is 0 Å². The molecule has 0 N–H and O–H groups in total. The zero-order valence-corrected chi connectivity index (χ0v) is 16.3. The highest BCUT2D eigenvalue weighted by molar-refractivity contribution is 8.27. The molecule has 0 aromatic carbocycles. The molecule has 1 atom stereocenters. The van der Waals surface area contributed by atoms with E-state index in [0.29, 0.717) is 32.3 Å². The maximum absolute atomic E-state index is 13.2. The van der Waals surface area contributed by atoms with Gasteiger partial charge < -0.3 is 0 Å². The summed E-state index contributed by atoms with van der Waals surface area (Å²) in [7, 11) is -0.407. The number of allylic oxidation sites excluding steroid dienone is 4. The average Bonchev–Trinajstić information content (AvgIpc) is 2.62. The zero-order chi connectivity index (χ0) is 19.8.